The summed E-state index contributed by atoms with van der Waals surface area (Å²) in [7, 11) is 0. The number of hydrogen-bond donors (Lipinski definition) is 0. The highest BCUT2D eigenvalue weighted by atomic mass is 14.1. The Balaban J connectivity index is 2.01. The lowest BCUT2D eigenvalue weighted by atomic mass is 9.92. The molecule has 0 nitrogen and oxygen atoms in total. The van der Waals surface area contributed by atoms with E-state index in [1.165, 1.54) is 38.2 Å². The smallest absolute Gasteiger partial charge is 0.00990 e. The van der Waals surface area contributed by atoms with Gasteiger partial charge in [0.2, 0.25) is 0 Å². The zero-order valence-corrected chi connectivity index (χ0v) is 13.6. The van der Waals surface area contributed by atoms with Crippen LogP contribution in [0.4, 0.5) is 0 Å². The van der Waals surface area contributed by atoms with Crippen LogP contribution in [0.1, 0.15) is 25.3 Å². The predicted molar refractivity (Wildman–Crippen MR) is 101 cm³/mol. The summed E-state index contributed by atoms with van der Waals surface area (Å²) < 4.78 is 0. The third-order valence-electron chi connectivity index (χ3n) is 4.66. The van der Waals surface area contributed by atoms with E-state index >= 15 is 0 Å². The van der Waals surface area contributed by atoms with Gasteiger partial charge in [0.1, 0.15) is 0 Å². The Bertz CT molecular complexity index is 976. The fourth-order valence-corrected chi connectivity index (χ4v) is 3.34. The molecule has 0 heteroatoms. The van der Waals surface area contributed by atoms with Gasteiger partial charge in [-0.2, -0.15) is 0 Å². The second kappa shape index (κ2) is 5.55. The minimum atomic E-state index is 0.567. The molecule has 0 spiro atoms. The Hall–Kier alpha value is -2.60. The highest BCUT2D eigenvalue weighted by molar-refractivity contribution is 6.13. The van der Waals surface area contributed by atoms with Crippen LogP contribution in [0.2, 0.25) is 0 Å². The van der Waals surface area contributed by atoms with Crippen molar-refractivity contribution >= 4 is 21.5 Å². The summed E-state index contributed by atoms with van der Waals surface area (Å²) >= 11 is 0. The topological polar surface area (TPSA) is 0 Å². The van der Waals surface area contributed by atoms with Gasteiger partial charge in [-0.1, -0.05) is 86.6 Å². The van der Waals surface area contributed by atoms with E-state index < -0.39 is 0 Å². The lowest BCUT2D eigenvalue weighted by Gasteiger charge is -2.12. The largest absolute Gasteiger partial charge is 0.0616 e. The maximum atomic E-state index is 2.32. The number of rotatable bonds is 2. The Morgan fingerprint density at radius 1 is 0.609 bits per heavy atom. The van der Waals surface area contributed by atoms with Crippen molar-refractivity contribution in [2.75, 3.05) is 0 Å². The van der Waals surface area contributed by atoms with Crippen molar-refractivity contribution in [2.45, 2.75) is 19.8 Å². The summed E-state index contributed by atoms with van der Waals surface area (Å²) in [4.78, 5) is 0. The van der Waals surface area contributed by atoms with E-state index in [4.69, 9.17) is 0 Å². The minimum absolute atomic E-state index is 0.567. The van der Waals surface area contributed by atoms with Crippen LogP contribution in [0.25, 0.3) is 32.7 Å². The van der Waals surface area contributed by atoms with E-state index in [1.54, 1.807) is 0 Å². The van der Waals surface area contributed by atoms with Crippen LogP contribution in [-0.4, -0.2) is 0 Å². The fourth-order valence-electron chi connectivity index (χ4n) is 3.34. The van der Waals surface area contributed by atoms with Crippen molar-refractivity contribution in [1.82, 2.24) is 0 Å². The zero-order chi connectivity index (χ0) is 15.8. The molecule has 0 aliphatic carbocycles. The summed E-state index contributed by atoms with van der Waals surface area (Å²) in [6, 6.07) is 28.7. The monoisotopic (exact) mass is 296 g/mol. The van der Waals surface area contributed by atoms with Crippen LogP contribution in [0.15, 0.2) is 78.9 Å². The van der Waals surface area contributed by atoms with Crippen LogP contribution in [0.5, 0.6) is 0 Å². The Morgan fingerprint density at radius 2 is 1.22 bits per heavy atom. The molecular formula is C23H20. The van der Waals surface area contributed by atoms with Crippen LogP contribution < -0.4 is 0 Å². The van der Waals surface area contributed by atoms with Gasteiger partial charge in [0.15, 0.2) is 0 Å². The number of hydrogen-bond acceptors (Lipinski definition) is 0. The third kappa shape index (κ3) is 2.41. The first-order valence-corrected chi connectivity index (χ1v) is 8.25. The molecule has 0 heterocycles. The molecule has 0 unspecified atom stereocenters. The van der Waals surface area contributed by atoms with E-state index in [0.717, 1.165) is 0 Å². The molecule has 0 fully saturated rings. The van der Waals surface area contributed by atoms with Gasteiger partial charge in [-0.25, -0.2) is 0 Å². The summed E-state index contributed by atoms with van der Waals surface area (Å²) in [6.45, 7) is 4.47. The first-order chi connectivity index (χ1) is 11.2. The lowest BCUT2D eigenvalue weighted by Crippen LogP contribution is -1.88. The highest BCUT2D eigenvalue weighted by Gasteiger charge is 2.08. The van der Waals surface area contributed by atoms with Crippen LogP contribution in [0.3, 0.4) is 0 Å². The standard InChI is InChI=1S/C23H20/c1-16(2)17-11-13-18(14-12-17)23-15-19-7-3-4-8-20(19)21-9-5-6-10-22(21)23/h3-16H,1-2H3. The van der Waals surface area contributed by atoms with Gasteiger partial charge in [0.25, 0.3) is 0 Å². The summed E-state index contributed by atoms with van der Waals surface area (Å²) in [5, 5.41) is 5.27. The Labute approximate surface area is 137 Å². The molecular weight excluding hydrogens is 276 g/mol. The molecule has 0 aromatic heterocycles. The maximum absolute atomic E-state index is 2.32. The molecule has 0 bridgehead atoms. The van der Waals surface area contributed by atoms with Gasteiger partial charge in [-0.05, 0) is 50.2 Å². The van der Waals surface area contributed by atoms with Gasteiger partial charge < -0.3 is 0 Å². The van der Waals surface area contributed by atoms with Crippen molar-refractivity contribution in [3.05, 3.63) is 84.4 Å². The molecule has 0 atom stereocenters. The van der Waals surface area contributed by atoms with E-state index in [0.29, 0.717) is 5.92 Å². The molecule has 112 valence electrons. The van der Waals surface area contributed by atoms with Gasteiger partial charge >= 0.3 is 0 Å². The molecule has 4 aromatic rings. The quantitative estimate of drug-likeness (QED) is 0.357. The van der Waals surface area contributed by atoms with Crippen molar-refractivity contribution in [2.24, 2.45) is 0 Å². The fraction of sp³-hybridized carbons (Fsp3) is 0.130. The van der Waals surface area contributed by atoms with Gasteiger partial charge in [-0.3, -0.25) is 0 Å². The number of benzene rings is 4. The second-order valence-corrected chi connectivity index (χ2v) is 6.47. The average molecular weight is 296 g/mol. The summed E-state index contributed by atoms with van der Waals surface area (Å²) in [5.74, 6) is 0.567. The second-order valence-electron chi connectivity index (χ2n) is 6.47. The summed E-state index contributed by atoms with van der Waals surface area (Å²) in [6.07, 6.45) is 0. The Morgan fingerprint density at radius 3 is 1.91 bits per heavy atom. The molecule has 0 aliphatic rings. The van der Waals surface area contributed by atoms with Crippen molar-refractivity contribution in [3.63, 3.8) is 0 Å². The number of fused-ring (bicyclic) bond motifs is 3. The van der Waals surface area contributed by atoms with Gasteiger partial charge in [0.05, 0.1) is 0 Å². The van der Waals surface area contributed by atoms with Gasteiger partial charge in [-0.15, -0.1) is 0 Å². The maximum Gasteiger partial charge on any atom is -0.00990 e. The van der Waals surface area contributed by atoms with E-state index in [-0.39, 0.29) is 0 Å². The molecule has 0 radical (unpaired) electrons. The van der Waals surface area contributed by atoms with Crippen molar-refractivity contribution < 1.29 is 0 Å². The van der Waals surface area contributed by atoms with E-state index in [9.17, 15) is 0 Å². The molecule has 0 amide bonds. The first-order valence-electron chi connectivity index (χ1n) is 8.25. The molecule has 0 saturated carbocycles. The zero-order valence-electron chi connectivity index (χ0n) is 13.6. The molecule has 0 aliphatic heterocycles. The van der Waals surface area contributed by atoms with Crippen molar-refractivity contribution in [3.8, 4) is 11.1 Å². The molecule has 4 aromatic carbocycles. The SMILES string of the molecule is CC(C)c1ccc(-c2cc3ccccc3c3ccccc23)cc1. The first kappa shape index (κ1) is 14.0. The van der Waals surface area contributed by atoms with Crippen molar-refractivity contribution in [1.29, 1.82) is 0 Å². The van der Waals surface area contributed by atoms with E-state index in [2.05, 4.69) is 92.7 Å². The minimum Gasteiger partial charge on any atom is -0.0616 e. The molecule has 0 N–H and O–H groups in total. The molecule has 4 rings (SSSR count). The molecule has 23 heavy (non-hydrogen) atoms. The molecule has 0 saturated heterocycles. The third-order valence-corrected chi connectivity index (χ3v) is 4.66. The average Bonchev–Trinajstić information content (AvgIpc) is 2.61. The lowest BCUT2D eigenvalue weighted by molar-refractivity contribution is 0.867. The predicted octanol–water partition coefficient (Wildman–Crippen LogP) is 6.78. The van der Waals surface area contributed by atoms with Crippen LogP contribution in [0, 0.1) is 0 Å². The van der Waals surface area contributed by atoms with Gasteiger partial charge in [0, 0.05) is 0 Å². The summed E-state index contributed by atoms with van der Waals surface area (Å²) in [5.41, 5.74) is 3.99. The van der Waals surface area contributed by atoms with E-state index in [1.807, 2.05) is 0 Å². The van der Waals surface area contributed by atoms with Crippen LogP contribution in [-0.2, 0) is 0 Å². The Kier molecular flexibility index (Phi) is 3.38. The normalized spacial score (nSPS) is 11.4. The highest BCUT2D eigenvalue weighted by Crippen LogP contribution is 2.35. The van der Waals surface area contributed by atoms with Crippen LogP contribution >= 0.6 is 0 Å².